The Morgan fingerprint density at radius 1 is 1.04 bits per heavy atom. The lowest BCUT2D eigenvalue weighted by Crippen LogP contribution is -2.49. The van der Waals surface area contributed by atoms with Gasteiger partial charge in [0.1, 0.15) is 17.9 Å². The van der Waals surface area contributed by atoms with Crippen LogP contribution in [0.4, 0.5) is 0 Å². The Kier molecular flexibility index (Phi) is 14.7. The van der Waals surface area contributed by atoms with Gasteiger partial charge in [-0.25, -0.2) is 4.79 Å². The van der Waals surface area contributed by atoms with Crippen LogP contribution >= 0.6 is 27.5 Å². The van der Waals surface area contributed by atoms with Gasteiger partial charge in [-0.2, -0.15) is 0 Å². The highest BCUT2D eigenvalue weighted by atomic mass is 79.9. The third-order valence-corrected chi connectivity index (χ3v) is 9.55. The molecule has 0 radical (unpaired) electrons. The molecule has 0 saturated carbocycles. The summed E-state index contributed by atoms with van der Waals surface area (Å²) in [4.78, 5) is 52.5. The van der Waals surface area contributed by atoms with Crippen molar-refractivity contribution in [1.29, 1.82) is 0 Å². The predicted octanol–water partition coefficient (Wildman–Crippen LogP) is 5.09. The summed E-state index contributed by atoms with van der Waals surface area (Å²) in [5.74, 6) is -3.23. The van der Waals surface area contributed by atoms with Gasteiger partial charge in [-0.1, -0.05) is 97.7 Å². The van der Waals surface area contributed by atoms with Crippen LogP contribution < -0.4 is 15.4 Å². The van der Waals surface area contributed by atoms with E-state index < -0.39 is 64.8 Å². The number of aliphatic hydroxyl groups excluding tert-OH is 1. The third kappa shape index (κ3) is 11.4. The molecule has 0 fully saturated rings. The summed E-state index contributed by atoms with van der Waals surface area (Å²) >= 11 is 9.90. The molecule has 12 heteroatoms. The van der Waals surface area contributed by atoms with E-state index in [4.69, 9.17) is 25.8 Å². The third-order valence-electron chi connectivity index (χ3n) is 7.92. The molecule has 2 aromatic carbocycles. The molecule has 1 heterocycles. The molecule has 47 heavy (non-hydrogen) atoms. The first-order valence-corrected chi connectivity index (χ1v) is 16.9. The van der Waals surface area contributed by atoms with Crippen LogP contribution in [-0.4, -0.2) is 65.6 Å². The van der Waals surface area contributed by atoms with Gasteiger partial charge in [0.05, 0.1) is 29.0 Å². The molecule has 0 aromatic heterocycles. The second kappa shape index (κ2) is 18.2. The number of esters is 2. The first kappa shape index (κ1) is 38.0. The molecular weight excluding hydrogens is 692 g/mol. The summed E-state index contributed by atoms with van der Waals surface area (Å²) in [6.45, 7) is 7.10. The zero-order valence-electron chi connectivity index (χ0n) is 27.3. The van der Waals surface area contributed by atoms with Crippen LogP contribution in [0.3, 0.4) is 0 Å². The molecular formula is C35H44BrClN2O8. The van der Waals surface area contributed by atoms with E-state index in [1.54, 1.807) is 43.3 Å². The summed E-state index contributed by atoms with van der Waals surface area (Å²) in [6, 6.07) is 13.2. The van der Waals surface area contributed by atoms with E-state index in [1.165, 1.54) is 13.2 Å². The molecule has 1 aliphatic heterocycles. The Hall–Kier alpha value is -3.41. The first-order chi connectivity index (χ1) is 22.3. The smallest absolute Gasteiger partial charge is 0.347 e. The number of cyclic esters (lactones) is 2. The first-order valence-electron chi connectivity index (χ1n) is 15.7. The van der Waals surface area contributed by atoms with Crippen LogP contribution in [0, 0.1) is 17.8 Å². The van der Waals surface area contributed by atoms with Crippen molar-refractivity contribution in [2.45, 2.75) is 76.1 Å². The maximum atomic E-state index is 13.5. The Labute approximate surface area is 289 Å². The minimum Gasteiger partial charge on any atom is -0.495 e. The summed E-state index contributed by atoms with van der Waals surface area (Å²) in [5, 5.41) is 16.9. The van der Waals surface area contributed by atoms with Gasteiger partial charge in [0, 0.05) is 25.3 Å². The Bertz CT molecular complexity index is 1410. The SMILES string of the molecule is COc1ccc(C[C@H]2NC(=O)/C=C/C[C@@H]([C@H](C)[C@H](Br)[C@H](O)c3ccccc3)OC(=O)[C@H](CC(C)C)OC(=O)[C@H](C)CNC2=O)cc1Cl. The number of aliphatic hydroxyl groups is 1. The fourth-order valence-corrected chi connectivity index (χ4v) is 6.00. The van der Waals surface area contributed by atoms with Gasteiger partial charge >= 0.3 is 11.9 Å². The van der Waals surface area contributed by atoms with Crippen LogP contribution in [0.15, 0.2) is 60.7 Å². The largest absolute Gasteiger partial charge is 0.495 e. The molecule has 7 atom stereocenters. The molecule has 0 saturated heterocycles. The van der Waals surface area contributed by atoms with Crippen LogP contribution in [0.1, 0.15) is 57.8 Å². The number of rotatable bonds is 9. The molecule has 2 amide bonds. The predicted molar refractivity (Wildman–Crippen MR) is 182 cm³/mol. The highest BCUT2D eigenvalue weighted by molar-refractivity contribution is 9.09. The number of amides is 2. The number of nitrogens with one attached hydrogen (secondary N) is 2. The molecule has 0 bridgehead atoms. The molecule has 2 aromatic rings. The van der Waals surface area contributed by atoms with Crippen LogP contribution in [0.25, 0.3) is 0 Å². The fourth-order valence-electron chi connectivity index (χ4n) is 5.07. The minimum absolute atomic E-state index is 0.00328. The number of carbonyl (C=O) groups is 4. The summed E-state index contributed by atoms with van der Waals surface area (Å²) in [6.07, 6.45) is 0.358. The van der Waals surface area contributed by atoms with Crippen molar-refractivity contribution in [3.63, 3.8) is 0 Å². The second-order valence-corrected chi connectivity index (χ2v) is 13.7. The lowest BCUT2D eigenvalue weighted by atomic mass is 9.91. The average Bonchev–Trinajstić information content (AvgIpc) is 3.04. The van der Waals surface area contributed by atoms with Crippen molar-refractivity contribution in [2.75, 3.05) is 13.7 Å². The molecule has 10 nitrogen and oxygen atoms in total. The quantitative estimate of drug-likeness (QED) is 0.239. The van der Waals surface area contributed by atoms with Gasteiger partial charge in [-0.05, 0) is 41.7 Å². The van der Waals surface area contributed by atoms with Crippen molar-refractivity contribution in [2.24, 2.45) is 17.8 Å². The standard InChI is InChI=1S/C35H44BrClN2O8/c1-20(2)16-29-35(44)46-27(22(4)31(36)32(41)24-10-7-6-8-11-24)12-9-13-30(40)39-26(33(42)38-19-21(3)34(43)47-29)18-23-14-15-28(45-5)25(37)17-23/h6-11,13-15,17,20-22,26-27,29,31-32,41H,12,16,18-19H2,1-5H3,(H,38,42)(H,39,40)/b13-9+/t21-,22+,26-,27+,29+,31+,32-/m1/s1. The number of ether oxygens (including phenoxy) is 3. The number of benzene rings is 2. The maximum absolute atomic E-state index is 13.5. The van der Waals surface area contributed by atoms with Crippen molar-refractivity contribution in [3.8, 4) is 5.75 Å². The average molecular weight is 736 g/mol. The van der Waals surface area contributed by atoms with Crippen molar-refractivity contribution >= 4 is 51.3 Å². The van der Waals surface area contributed by atoms with E-state index in [-0.39, 0.29) is 31.7 Å². The number of alkyl halides is 1. The summed E-state index contributed by atoms with van der Waals surface area (Å²) in [7, 11) is 1.50. The van der Waals surface area contributed by atoms with Crippen molar-refractivity contribution in [3.05, 3.63) is 76.8 Å². The number of hydrogen-bond donors (Lipinski definition) is 3. The van der Waals surface area contributed by atoms with E-state index in [9.17, 15) is 24.3 Å². The number of hydrogen-bond acceptors (Lipinski definition) is 8. The molecule has 1 aliphatic rings. The van der Waals surface area contributed by atoms with E-state index in [1.807, 2.05) is 39.0 Å². The van der Waals surface area contributed by atoms with Gasteiger partial charge in [-0.3, -0.25) is 14.4 Å². The van der Waals surface area contributed by atoms with Gasteiger partial charge < -0.3 is 30.0 Å². The van der Waals surface area contributed by atoms with Crippen LogP contribution in [-0.2, 0) is 35.1 Å². The normalized spacial score (nSPS) is 24.3. The summed E-state index contributed by atoms with van der Waals surface area (Å²) < 4.78 is 16.8. The zero-order chi connectivity index (χ0) is 34.7. The fraction of sp³-hybridized carbons (Fsp3) is 0.486. The minimum atomic E-state index is -1.18. The maximum Gasteiger partial charge on any atom is 0.347 e. The molecule has 0 unspecified atom stereocenters. The molecule has 3 rings (SSSR count). The molecule has 0 spiro atoms. The molecule has 256 valence electrons. The second-order valence-electron chi connectivity index (χ2n) is 12.2. The van der Waals surface area contributed by atoms with Crippen LogP contribution in [0.5, 0.6) is 5.75 Å². The zero-order valence-corrected chi connectivity index (χ0v) is 29.6. The Morgan fingerprint density at radius 2 is 1.74 bits per heavy atom. The van der Waals surface area contributed by atoms with Gasteiger partial charge in [0.15, 0.2) is 6.10 Å². The Morgan fingerprint density at radius 3 is 2.38 bits per heavy atom. The van der Waals surface area contributed by atoms with Gasteiger partial charge in [-0.15, -0.1) is 0 Å². The van der Waals surface area contributed by atoms with Crippen molar-refractivity contribution < 1.29 is 38.5 Å². The van der Waals surface area contributed by atoms with E-state index in [0.29, 0.717) is 21.9 Å². The van der Waals surface area contributed by atoms with E-state index >= 15 is 0 Å². The van der Waals surface area contributed by atoms with Crippen LogP contribution in [0.2, 0.25) is 5.02 Å². The monoisotopic (exact) mass is 734 g/mol. The highest BCUT2D eigenvalue weighted by Gasteiger charge is 2.35. The lowest BCUT2D eigenvalue weighted by molar-refractivity contribution is -0.176. The molecule has 3 N–H and O–H groups in total. The number of carbonyl (C=O) groups excluding carboxylic acids is 4. The highest BCUT2D eigenvalue weighted by Crippen LogP contribution is 2.33. The van der Waals surface area contributed by atoms with E-state index in [0.717, 1.165) is 0 Å². The van der Waals surface area contributed by atoms with E-state index in [2.05, 4.69) is 26.6 Å². The lowest BCUT2D eigenvalue weighted by Gasteiger charge is -2.31. The summed E-state index contributed by atoms with van der Waals surface area (Å²) in [5.41, 5.74) is 1.36. The molecule has 0 aliphatic carbocycles. The number of methoxy groups -OCH3 is 1. The van der Waals surface area contributed by atoms with Gasteiger partial charge in [0.25, 0.3) is 0 Å². The topological polar surface area (TPSA) is 140 Å². The van der Waals surface area contributed by atoms with Gasteiger partial charge in [0.2, 0.25) is 11.8 Å². The number of halogens is 2. The van der Waals surface area contributed by atoms with Crippen molar-refractivity contribution in [1.82, 2.24) is 10.6 Å². The Balaban J connectivity index is 1.92.